The Hall–Kier alpha value is -1.84. The molecule has 0 atom stereocenters. The summed E-state index contributed by atoms with van der Waals surface area (Å²) in [5, 5.41) is 5.84. The lowest BCUT2D eigenvalue weighted by Crippen LogP contribution is -2.48. The van der Waals surface area contributed by atoms with Gasteiger partial charge in [-0.3, -0.25) is 9.59 Å². The summed E-state index contributed by atoms with van der Waals surface area (Å²) < 4.78 is 0. The second-order valence-electron chi connectivity index (χ2n) is 7.06. The van der Waals surface area contributed by atoms with E-state index >= 15 is 0 Å². The Labute approximate surface area is 126 Å². The molecule has 0 radical (unpaired) electrons. The second-order valence-corrected chi connectivity index (χ2v) is 7.06. The molecule has 2 N–H and O–H groups in total. The summed E-state index contributed by atoms with van der Waals surface area (Å²) in [6.45, 7) is 9.69. The summed E-state index contributed by atoms with van der Waals surface area (Å²) in [5.74, 6) is -0.365. The number of hydrogen-bond acceptors (Lipinski definition) is 2. The molecule has 0 saturated heterocycles. The number of hydrogen-bond donors (Lipinski definition) is 2. The highest BCUT2D eigenvalue weighted by molar-refractivity contribution is 6.13. The van der Waals surface area contributed by atoms with Gasteiger partial charge in [-0.2, -0.15) is 0 Å². The van der Waals surface area contributed by atoms with Crippen molar-refractivity contribution in [2.24, 2.45) is 5.41 Å². The van der Waals surface area contributed by atoms with E-state index in [-0.39, 0.29) is 17.4 Å². The minimum absolute atomic E-state index is 0.169. The lowest BCUT2D eigenvalue weighted by Gasteiger charge is -2.24. The van der Waals surface area contributed by atoms with Crippen molar-refractivity contribution in [1.29, 1.82) is 0 Å². The van der Waals surface area contributed by atoms with Gasteiger partial charge in [0.15, 0.2) is 0 Å². The molecule has 114 valence electrons. The van der Waals surface area contributed by atoms with Gasteiger partial charge in [0.2, 0.25) is 11.8 Å². The number of carbonyl (C=O) groups excluding carboxylic acids is 2. The molecule has 2 rings (SSSR count). The number of benzene rings is 1. The van der Waals surface area contributed by atoms with Crippen molar-refractivity contribution in [3.8, 4) is 0 Å². The van der Waals surface area contributed by atoms with Crippen molar-refractivity contribution >= 4 is 17.5 Å². The third-order valence-corrected chi connectivity index (χ3v) is 3.75. The Morgan fingerprint density at radius 3 is 2.24 bits per heavy atom. The molecule has 4 nitrogen and oxygen atoms in total. The second kappa shape index (κ2) is 5.17. The Morgan fingerprint density at radius 1 is 1.10 bits per heavy atom. The van der Waals surface area contributed by atoms with Crippen molar-refractivity contribution in [3.63, 3.8) is 0 Å². The Bertz CT molecular complexity index is 581. The maximum atomic E-state index is 12.5. The summed E-state index contributed by atoms with van der Waals surface area (Å²) in [6.07, 6.45) is 1.23. The number of anilines is 1. The van der Waals surface area contributed by atoms with Gasteiger partial charge in [-0.25, -0.2) is 0 Å². The number of rotatable bonds is 3. The first-order chi connectivity index (χ1) is 9.64. The maximum absolute atomic E-state index is 12.5. The monoisotopic (exact) mass is 288 g/mol. The van der Waals surface area contributed by atoms with Crippen LogP contribution in [0.5, 0.6) is 0 Å². The van der Waals surface area contributed by atoms with Gasteiger partial charge in [0, 0.05) is 11.2 Å². The molecular formula is C17H24N2O2. The van der Waals surface area contributed by atoms with E-state index in [1.54, 1.807) is 0 Å². The summed E-state index contributed by atoms with van der Waals surface area (Å²) in [6, 6.07) is 5.91. The van der Waals surface area contributed by atoms with Crippen LogP contribution in [-0.4, -0.2) is 17.4 Å². The van der Waals surface area contributed by atoms with Gasteiger partial charge >= 0.3 is 0 Å². The van der Waals surface area contributed by atoms with E-state index in [0.717, 1.165) is 16.8 Å². The van der Waals surface area contributed by atoms with Crippen molar-refractivity contribution in [1.82, 2.24) is 5.32 Å². The molecule has 1 saturated carbocycles. The first kappa shape index (κ1) is 15.5. The Kier molecular flexibility index (Phi) is 3.83. The molecule has 0 heterocycles. The molecule has 4 heteroatoms. The van der Waals surface area contributed by atoms with Crippen LogP contribution in [0.4, 0.5) is 5.69 Å². The van der Waals surface area contributed by atoms with Gasteiger partial charge in [0.05, 0.1) is 0 Å². The van der Waals surface area contributed by atoms with E-state index in [1.165, 1.54) is 0 Å². The SMILES string of the molecule is Cc1ccc(C)c(NC(=O)C2(C(=O)NC(C)(C)C)CC2)c1. The van der Waals surface area contributed by atoms with Gasteiger partial charge in [0.1, 0.15) is 5.41 Å². The molecule has 0 aromatic heterocycles. The highest BCUT2D eigenvalue weighted by Gasteiger charge is 2.57. The van der Waals surface area contributed by atoms with Crippen LogP contribution >= 0.6 is 0 Å². The normalized spacial score (nSPS) is 16.2. The van der Waals surface area contributed by atoms with Crippen molar-refractivity contribution < 1.29 is 9.59 Å². The molecule has 1 fully saturated rings. The van der Waals surface area contributed by atoms with Crippen LogP contribution < -0.4 is 10.6 Å². The van der Waals surface area contributed by atoms with Gasteiger partial charge in [-0.05, 0) is 64.7 Å². The fraction of sp³-hybridized carbons (Fsp3) is 0.529. The molecule has 0 spiro atoms. The molecule has 0 unspecified atom stereocenters. The fourth-order valence-electron chi connectivity index (χ4n) is 2.25. The maximum Gasteiger partial charge on any atom is 0.240 e. The third kappa shape index (κ3) is 3.43. The number of nitrogens with one attached hydrogen (secondary N) is 2. The zero-order chi connectivity index (χ0) is 15.8. The number of aryl methyl sites for hydroxylation is 2. The third-order valence-electron chi connectivity index (χ3n) is 3.75. The molecule has 1 aromatic carbocycles. The average molecular weight is 288 g/mol. The predicted molar refractivity (Wildman–Crippen MR) is 84.1 cm³/mol. The minimum atomic E-state index is -0.885. The largest absolute Gasteiger partial charge is 0.351 e. The first-order valence-electron chi connectivity index (χ1n) is 7.35. The molecular weight excluding hydrogens is 264 g/mol. The predicted octanol–water partition coefficient (Wildman–Crippen LogP) is 2.94. The molecule has 21 heavy (non-hydrogen) atoms. The van der Waals surface area contributed by atoms with Crippen molar-refractivity contribution in [2.75, 3.05) is 5.32 Å². The fourth-order valence-corrected chi connectivity index (χ4v) is 2.25. The van der Waals surface area contributed by atoms with Gasteiger partial charge < -0.3 is 10.6 Å². The molecule has 0 bridgehead atoms. The molecule has 0 aliphatic heterocycles. The van der Waals surface area contributed by atoms with E-state index in [4.69, 9.17) is 0 Å². The standard InChI is InChI=1S/C17H24N2O2/c1-11-6-7-12(2)13(10-11)18-14(20)17(8-9-17)15(21)19-16(3,4)5/h6-7,10H,8-9H2,1-5H3,(H,18,20)(H,19,21). The lowest BCUT2D eigenvalue weighted by molar-refractivity contribution is -0.135. The van der Waals surface area contributed by atoms with Gasteiger partial charge in [-0.15, -0.1) is 0 Å². The van der Waals surface area contributed by atoms with Crippen LogP contribution in [0.2, 0.25) is 0 Å². The van der Waals surface area contributed by atoms with Crippen LogP contribution in [0.1, 0.15) is 44.7 Å². The van der Waals surface area contributed by atoms with Gasteiger partial charge in [-0.1, -0.05) is 12.1 Å². The molecule has 2 amide bonds. The molecule has 1 aromatic rings. The quantitative estimate of drug-likeness (QED) is 0.840. The summed E-state index contributed by atoms with van der Waals surface area (Å²) >= 11 is 0. The summed E-state index contributed by atoms with van der Waals surface area (Å²) in [4.78, 5) is 24.9. The smallest absolute Gasteiger partial charge is 0.240 e. The zero-order valence-electron chi connectivity index (χ0n) is 13.5. The topological polar surface area (TPSA) is 58.2 Å². The highest BCUT2D eigenvalue weighted by Crippen LogP contribution is 2.47. The van der Waals surface area contributed by atoms with Gasteiger partial charge in [0.25, 0.3) is 0 Å². The van der Waals surface area contributed by atoms with Crippen molar-refractivity contribution in [2.45, 2.75) is 53.0 Å². The number of carbonyl (C=O) groups is 2. The number of amides is 2. The van der Waals surface area contributed by atoms with E-state index in [0.29, 0.717) is 12.8 Å². The van der Waals surface area contributed by atoms with Crippen LogP contribution in [0, 0.1) is 19.3 Å². The average Bonchev–Trinajstić information content (AvgIpc) is 3.13. The first-order valence-corrected chi connectivity index (χ1v) is 7.35. The van der Waals surface area contributed by atoms with Crippen LogP contribution in [-0.2, 0) is 9.59 Å². The Morgan fingerprint density at radius 2 is 1.71 bits per heavy atom. The molecule has 1 aliphatic carbocycles. The van der Waals surface area contributed by atoms with Crippen LogP contribution in [0.3, 0.4) is 0 Å². The van der Waals surface area contributed by atoms with E-state index in [2.05, 4.69) is 10.6 Å². The lowest BCUT2D eigenvalue weighted by atomic mass is 10.0. The highest BCUT2D eigenvalue weighted by atomic mass is 16.2. The summed E-state index contributed by atoms with van der Waals surface area (Å²) in [5.41, 5.74) is 1.66. The van der Waals surface area contributed by atoms with E-state index in [1.807, 2.05) is 52.8 Å². The Balaban J connectivity index is 2.13. The zero-order valence-corrected chi connectivity index (χ0v) is 13.5. The van der Waals surface area contributed by atoms with E-state index in [9.17, 15) is 9.59 Å². The molecule has 1 aliphatic rings. The van der Waals surface area contributed by atoms with Crippen LogP contribution in [0.15, 0.2) is 18.2 Å². The summed E-state index contributed by atoms with van der Waals surface area (Å²) in [7, 11) is 0. The minimum Gasteiger partial charge on any atom is -0.351 e. The van der Waals surface area contributed by atoms with E-state index < -0.39 is 5.41 Å². The van der Waals surface area contributed by atoms with Crippen LogP contribution in [0.25, 0.3) is 0 Å². The van der Waals surface area contributed by atoms with Crippen molar-refractivity contribution in [3.05, 3.63) is 29.3 Å².